The molecule has 3 atom stereocenters. The molecule has 1 aromatic carbocycles. The molecule has 1 N–H and O–H groups in total. The number of aromatic nitrogens is 2. The number of nitrogens with zero attached hydrogens (tertiary/aromatic N) is 3. The first-order valence-electron chi connectivity index (χ1n) is 10.4. The summed E-state index contributed by atoms with van der Waals surface area (Å²) in [6, 6.07) is 6.33. The van der Waals surface area contributed by atoms with Crippen molar-refractivity contribution in [3.05, 3.63) is 53.9 Å². The van der Waals surface area contributed by atoms with E-state index in [2.05, 4.69) is 32.0 Å². The molecule has 0 unspecified atom stereocenters. The number of anilines is 1. The quantitative estimate of drug-likeness (QED) is 0.756. The largest absolute Gasteiger partial charge is 0.416 e. The van der Waals surface area contributed by atoms with Crippen LogP contribution in [-0.2, 0) is 11.0 Å². The number of hydrogen-bond donors (Lipinski definition) is 1. The molecule has 0 spiro atoms. The van der Waals surface area contributed by atoms with Crippen molar-refractivity contribution in [1.82, 2.24) is 15.3 Å². The second-order valence-electron chi connectivity index (χ2n) is 7.91. The fourth-order valence-electron chi connectivity index (χ4n) is 4.54. The van der Waals surface area contributed by atoms with E-state index >= 15 is 0 Å². The van der Waals surface area contributed by atoms with Crippen molar-refractivity contribution in [2.45, 2.75) is 50.4 Å². The summed E-state index contributed by atoms with van der Waals surface area (Å²) in [6.07, 6.45) is 4.21. The fourth-order valence-corrected chi connectivity index (χ4v) is 4.54. The number of nitrogens with one attached hydrogen (secondary N) is 1. The highest BCUT2D eigenvalue weighted by atomic mass is 19.4. The van der Waals surface area contributed by atoms with Crippen LogP contribution < -0.4 is 10.2 Å². The Bertz CT molecular complexity index is 966. The van der Waals surface area contributed by atoms with Crippen LogP contribution in [0.3, 0.4) is 0 Å². The van der Waals surface area contributed by atoms with E-state index in [0.29, 0.717) is 17.4 Å². The van der Waals surface area contributed by atoms with E-state index < -0.39 is 11.7 Å². The van der Waals surface area contributed by atoms with Crippen molar-refractivity contribution >= 4 is 11.9 Å². The number of fused-ring (bicyclic) bond motifs is 1. The van der Waals surface area contributed by atoms with Crippen molar-refractivity contribution in [3.63, 3.8) is 0 Å². The van der Waals surface area contributed by atoms with E-state index in [9.17, 15) is 18.0 Å². The molecule has 1 saturated carbocycles. The number of alkyl halides is 3. The van der Waals surface area contributed by atoms with E-state index in [1.807, 2.05) is 0 Å². The van der Waals surface area contributed by atoms with Gasteiger partial charge in [-0.2, -0.15) is 13.2 Å². The molecule has 31 heavy (non-hydrogen) atoms. The molecule has 8 heteroatoms. The maximum atomic E-state index is 12.9. The SMILES string of the molecule is O=C(NCC#Cc1ccc(C(F)(F)F)cc1)[C@@H]1C[C@H]2CCCC[C@H]2N1c1ncccn1. The third kappa shape index (κ3) is 4.82. The summed E-state index contributed by atoms with van der Waals surface area (Å²) >= 11 is 0. The second-order valence-corrected chi connectivity index (χ2v) is 7.91. The molecule has 2 fully saturated rings. The maximum absolute atomic E-state index is 12.9. The third-order valence-corrected chi connectivity index (χ3v) is 5.97. The molecule has 2 aromatic rings. The zero-order valence-corrected chi connectivity index (χ0v) is 16.9. The lowest BCUT2D eigenvalue weighted by Gasteiger charge is -2.33. The van der Waals surface area contributed by atoms with Gasteiger partial charge in [-0.25, -0.2) is 9.97 Å². The zero-order valence-electron chi connectivity index (χ0n) is 16.9. The molecule has 1 aliphatic carbocycles. The van der Waals surface area contributed by atoms with E-state index in [1.165, 1.54) is 18.6 Å². The molecule has 0 radical (unpaired) electrons. The number of amides is 1. The first-order chi connectivity index (χ1) is 14.9. The van der Waals surface area contributed by atoms with Gasteiger partial charge >= 0.3 is 6.18 Å². The van der Waals surface area contributed by atoms with Crippen LogP contribution in [0.15, 0.2) is 42.7 Å². The molecule has 4 rings (SSSR count). The van der Waals surface area contributed by atoms with Gasteiger partial charge in [0.25, 0.3) is 0 Å². The van der Waals surface area contributed by atoms with E-state index in [-0.39, 0.29) is 24.5 Å². The Morgan fingerprint density at radius 2 is 1.84 bits per heavy atom. The zero-order chi connectivity index (χ0) is 21.8. The Balaban J connectivity index is 1.40. The third-order valence-electron chi connectivity index (χ3n) is 5.97. The highest BCUT2D eigenvalue weighted by Crippen LogP contribution is 2.41. The van der Waals surface area contributed by atoms with E-state index in [0.717, 1.165) is 37.8 Å². The van der Waals surface area contributed by atoms with Gasteiger partial charge in [0, 0.05) is 24.0 Å². The Hall–Kier alpha value is -3.08. The molecule has 1 amide bonds. The second kappa shape index (κ2) is 8.96. The van der Waals surface area contributed by atoms with Gasteiger partial charge in [0.2, 0.25) is 11.9 Å². The Morgan fingerprint density at radius 3 is 2.55 bits per heavy atom. The van der Waals surface area contributed by atoms with E-state index in [4.69, 9.17) is 0 Å². The van der Waals surface area contributed by atoms with Crippen molar-refractivity contribution in [2.75, 3.05) is 11.4 Å². The number of benzene rings is 1. The summed E-state index contributed by atoms with van der Waals surface area (Å²) in [4.78, 5) is 23.7. The van der Waals surface area contributed by atoms with Gasteiger partial charge in [-0.3, -0.25) is 4.79 Å². The molecule has 2 aliphatic rings. The molecule has 1 saturated heterocycles. The smallest absolute Gasteiger partial charge is 0.343 e. The van der Waals surface area contributed by atoms with Crippen molar-refractivity contribution in [1.29, 1.82) is 0 Å². The maximum Gasteiger partial charge on any atom is 0.416 e. The molecule has 5 nitrogen and oxygen atoms in total. The minimum Gasteiger partial charge on any atom is -0.343 e. The van der Waals surface area contributed by atoms with Gasteiger partial charge in [0.05, 0.1) is 12.1 Å². The van der Waals surface area contributed by atoms with Crippen LogP contribution in [0.1, 0.15) is 43.2 Å². The van der Waals surface area contributed by atoms with Gasteiger partial charge in [-0.1, -0.05) is 24.7 Å². The van der Waals surface area contributed by atoms with Crippen LogP contribution in [0.5, 0.6) is 0 Å². The summed E-state index contributed by atoms with van der Waals surface area (Å²) in [7, 11) is 0. The normalized spacial score (nSPS) is 22.9. The predicted octanol–water partition coefficient (Wildman–Crippen LogP) is 3.80. The van der Waals surface area contributed by atoms with Crippen LogP contribution in [-0.4, -0.2) is 34.5 Å². The van der Waals surface area contributed by atoms with Crippen molar-refractivity contribution in [3.8, 4) is 11.8 Å². The molecule has 1 aromatic heterocycles. The Labute approximate surface area is 179 Å². The minimum atomic E-state index is -4.37. The van der Waals surface area contributed by atoms with Crippen molar-refractivity contribution < 1.29 is 18.0 Å². The van der Waals surface area contributed by atoms with Crippen LogP contribution in [0.2, 0.25) is 0 Å². The lowest BCUT2D eigenvalue weighted by molar-refractivity contribution is -0.137. The standard InChI is InChI=1S/C23H23F3N4O/c24-23(25,26)18-10-8-16(9-11-18)5-3-12-27-21(31)20-15-17-6-1-2-7-19(17)30(20)22-28-13-4-14-29-22/h4,8-11,13-14,17,19-20H,1-2,6-7,12,15H2,(H,27,31)/t17-,19-,20+/m1/s1. The monoisotopic (exact) mass is 428 g/mol. The molecule has 0 bridgehead atoms. The molecule has 2 heterocycles. The fraction of sp³-hybridized carbons (Fsp3) is 0.435. The lowest BCUT2D eigenvalue weighted by atomic mass is 9.85. The van der Waals surface area contributed by atoms with Crippen LogP contribution in [0, 0.1) is 17.8 Å². The van der Waals surface area contributed by atoms with Gasteiger partial charge in [0.1, 0.15) is 6.04 Å². The highest BCUT2D eigenvalue weighted by molar-refractivity contribution is 5.85. The first kappa shape index (κ1) is 21.2. The molecular formula is C23H23F3N4O. The van der Waals surface area contributed by atoms with Crippen LogP contribution in [0.25, 0.3) is 0 Å². The van der Waals surface area contributed by atoms with Crippen LogP contribution in [0.4, 0.5) is 19.1 Å². The summed E-state index contributed by atoms with van der Waals surface area (Å²) in [6.45, 7) is 0.120. The predicted molar refractivity (Wildman–Crippen MR) is 110 cm³/mol. The summed E-state index contributed by atoms with van der Waals surface area (Å²) in [5.74, 6) is 6.52. The molecule has 162 valence electrons. The number of rotatable bonds is 3. The van der Waals surface area contributed by atoms with Gasteiger partial charge in [0.15, 0.2) is 0 Å². The number of carbonyl (C=O) groups excluding carboxylic acids is 1. The molecular weight excluding hydrogens is 405 g/mol. The average Bonchev–Trinajstić information content (AvgIpc) is 3.17. The minimum absolute atomic E-state index is 0.120. The average molecular weight is 428 g/mol. The topological polar surface area (TPSA) is 58.1 Å². The van der Waals surface area contributed by atoms with Gasteiger partial charge < -0.3 is 10.2 Å². The van der Waals surface area contributed by atoms with Crippen LogP contribution >= 0.6 is 0 Å². The van der Waals surface area contributed by atoms with Gasteiger partial charge in [-0.15, -0.1) is 0 Å². The Kier molecular flexibility index (Phi) is 6.12. The Morgan fingerprint density at radius 1 is 1.13 bits per heavy atom. The summed E-state index contributed by atoms with van der Waals surface area (Å²) in [5.41, 5.74) is -0.245. The number of halogens is 3. The van der Waals surface area contributed by atoms with Gasteiger partial charge in [-0.05, 0) is 55.5 Å². The first-order valence-corrected chi connectivity index (χ1v) is 10.4. The highest BCUT2D eigenvalue weighted by Gasteiger charge is 2.46. The van der Waals surface area contributed by atoms with E-state index in [1.54, 1.807) is 18.5 Å². The number of hydrogen-bond acceptors (Lipinski definition) is 4. The number of carbonyl (C=O) groups is 1. The van der Waals surface area contributed by atoms with Crippen molar-refractivity contribution in [2.24, 2.45) is 5.92 Å². The lowest BCUT2D eigenvalue weighted by Crippen LogP contribution is -2.47. The molecule has 1 aliphatic heterocycles. The summed E-state index contributed by atoms with van der Waals surface area (Å²) in [5, 5.41) is 2.85. The summed E-state index contributed by atoms with van der Waals surface area (Å²) < 4.78 is 37.9.